The Morgan fingerprint density at radius 2 is 1.94 bits per heavy atom. The number of thioether (sulfide) groups is 1. The summed E-state index contributed by atoms with van der Waals surface area (Å²) in [6, 6.07) is 4.76. The molecule has 1 N–H and O–H groups in total. The summed E-state index contributed by atoms with van der Waals surface area (Å²) in [6.45, 7) is 5.56. The lowest BCUT2D eigenvalue weighted by molar-refractivity contribution is -0.113. The average Bonchev–Trinajstić information content (AvgIpc) is 2.98. The van der Waals surface area contributed by atoms with Crippen molar-refractivity contribution in [1.82, 2.24) is 13.9 Å². The molecule has 0 aliphatic heterocycles. The van der Waals surface area contributed by atoms with Gasteiger partial charge in [0, 0.05) is 31.7 Å². The molecule has 0 bridgehead atoms. The molecule has 11 heteroatoms. The van der Waals surface area contributed by atoms with Gasteiger partial charge in [0.05, 0.1) is 16.0 Å². The second kappa shape index (κ2) is 8.73. The van der Waals surface area contributed by atoms with Gasteiger partial charge in [-0.1, -0.05) is 17.8 Å². The van der Waals surface area contributed by atoms with Crippen LogP contribution in [0.25, 0.3) is 10.2 Å². The summed E-state index contributed by atoms with van der Waals surface area (Å²) < 4.78 is 27.5. The zero-order valence-corrected chi connectivity index (χ0v) is 20.6. The molecule has 0 radical (unpaired) electrons. The molecule has 2 aromatic heterocycles. The van der Waals surface area contributed by atoms with Crippen molar-refractivity contribution >= 4 is 54.9 Å². The standard InChI is InChI=1S/C20H24N4O4S3/c1-11-7-8-14(9-15(11)31(27,28)23(4)5)21-16(25)10-29-20-22-18-17(19(26)24(20)6)12(2)13(3)30-18/h7-9H,10H2,1-6H3,(H,21,25). The van der Waals surface area contributed by atoms with E-state index in [1.165, 1.54) is 36.1 Å². The second-order valence-corrected chi connectivity index (χ2v) is 11.6. The van der Waals surface area contributed by atoms with E-state index in [1.54, 1.807) is 26.1 Å². The van der Waals surface area contributed by atoms with Gasteiger partial charge in [-0.25, -0.2) is 17.7 Å². The monoisotopic (exact) mass is 480 g/mol. The van der Waals surface area contributed by atoms with Gasteiger partial charge >= 0.3 is 0 Å². The summed E-state index contributed by atoms with van der Waals surface area (Å²) >= 11 is 2.62. The lowest BCUT2D eigenvalue weighted by Crippen LogP contribution is -2.23. The van der Waals surface area contributed by atoms with E-state index in [0.29, 0.717) is 26.6 Å². The van der Waals surface area contributed by atoms with Gasteiger partial charge in [-0.05, 0) is 44.0 Å². The molecular formula is C20H24N4O4S3. The van der Waals surface area contributed by atoms with Crippen molar-refractivity contribution in [3.63, 3.8) is 0 Å². The molecule has 0 spiro atoms. The number of carbonyl (C=O) groups is 1. The van der Waals surface area contributed by atoms with E-state index in [0.717, 1.165) is 26.5 Å². The number of amides is 1. The summed E-state index contributed by atoms with van der Waals surface area (Å²) in [4.78, 5) is 31.6. The normalized spacial score (nSPS) is 12.0. The molecule has 0 saturated carbocycles. The fraction of sp³-hybridized carbons (Fsp3) is 0.350. The summed E-state index contributed by atoms with van der Waals surface area (Å²) in [7, 11) is 0.934. The Labute approximate surface area is 189 Å². The maximum absolute atomic E-state index is 12.7. The number of carbonyl (C=O) groups excluding carboxylic acids is 1. The van der Waals surface area contributed by atoms with Crippen LogP contribution in [0.2, 0.25) is 0 Å². The van der Waals surface area contributed by atoms with Crippen LogP contribution in [0.3, 0.4) is 0 Å². The SMILES string of the molecule is Cc1ccc(NC(=O)CSc2nc3sc(C)c(C)c3c(=O)n2C)cc1S(=O)(=O)N(C)C. The Morgan fingerprint density at radius 1 is 1.26 bits per heavy atom. The number of anilines is 1. The molecule has 8 nitrogen and oxygen atoms in total. The van der Waals surface area contributed by atoms with Crippen LogP contribution in [0.4, 0.5) is 5.69 Å². The van der Waals surface area contributed by atoms with Crippen molar-refractivity contribution in [1.29, 1.82) is 0 Å². The zero-order chi connectivity index (χ0) is 23.1. The minimum absolute atomic E-state index is 0.0266. The molecular weight excluding hydrogens is 456 g/mol. The minimum atomic E-state index is -3.62. The molecule has 1 aromatic carbocycles. The van der Waals surface area contributed by atoms with Gasteiger partial charge in [0.15, 0.2) is 5.16 Å². The molecule has 0 saturated heterocycles. The maximum atomic E-state index is 12.7. The smallest absolute Gasteiger partial charge is 0.262 e. The summed E-state index contributed by atoms with van der Waals surface area (Å²) in [5.74, 6) is -0.298. The third kappa shape index (κ3) is 4.54. The van der Waals surface area contributed by atoms with Crippen molar-refractivity contribution in [2.24, 2.45) is 7.05 Å². The Balaban J connectivity index is 1.79. The van der Waals surface area contributed by atoms with Gasteiger partial charge in [-0.3, -0.25) is 14.2 Å². The fourth-order valence-electron chi connectivity index (χ4n) is 2.96. The maximum Gasteiger partial charge on any atom is 0.262 e. The van der Waals surface area contributed by atoms with Crippen LogP contribution in [0.5, 0.6) is 0 Å². The minimum Gasteiger partial charge on any atom is -0.325 e. The van der Waals surface area contributed by atoms with Gasteiger partial charge in [-0.2, -0.15) is 0 Å². The van der Waals surface area contributed by atoms with Crippen LogP contribution < -0.4 is 10.9 Å². The number of aromatic nitrogens is 2. The lowest BCUT2D eigenvalue weighted by atomic mass is 10.2. The predicted molar refractivity (Wildman–Crippen MR) is 126 cm³/mol. The molecule has 3 aromatic rings. The summed E-state index contributed by atoms with van der Waals surface area (Å²) in [6.07, 6.45) is 0. The highest BCUT2D eigenvalue weighted by atomic mass is 32.2. The highest BCUT2D eigenvalue weighted by Crippen LogP contribution is 2.28. The quantitative estimate of drug-likeness (QED) is 0.430. The molecule has 0 aliphatic rings. The number of nitrogens with one attached hydrogen (secondary N) is 1. The molecule has 2 heterocycles. The molecule has 166 valence electrons. The van der Waals surface area contributed by atoms with Crippen molar-refractivity contribution in [2.45, 2.75) is 30.8 Å². The first-order valence-electron chi connectivity index (χ1n) is 9.36. The van der Waals surface area contributed by atoms with Gasteiger partial charge < -0.3 is 5.32 Å². The largest absolute Gasteiger partial charge is 0.325 e. The van der Waals surface area contributed by atoms with Crippen LogP contribution in [-0.2, 0) is 21.9 Å². The van der Waals surface area contributed by atoms with Crippen molar-refractivity contribution in [2.75, 3.05) is 25.2 Å². The number of hydrogen-bond donors (Lipinski definition) is 1. The third-order valence-corrected chi connectivity index (χ3v) is 9.02. The first-order valence-corrected chi connectivity index (χ1v) is 12.6. The number of rotatable bonds is 6. The molecule has 0 atom stereocenters. The van der Waals surface area contributed by atoms with E-state index in [4.69, 9.17) is 0 Å². The van der Waals surface area contributed by atoms with Crippen molar-refractivity contribution < 1.29 is 13.2 Å². The molecule has 3 rings (SSSR count). The number of sulfonamides is 1. The van der Waals surface area contributed by atoms with E-state index < -0.39 is 10.0 Å². The van der Waals surface area contributed by atoms with E-state index in [2.05, 4.69) is 10.3 Å². The van der Waals surface area contributed by atoms with Crippen LogP contribution >= 0.6 is 23.1 Å². The summed E-state index contributed by atoms with van der Waals surface area (Å²) in [5, 5.41) is 3.79. The second-order valence-electron chi connectivity index (χ2n) is 7.33. The summed E-state index contributed by atoms with van der Waals surface area (Å²) in [5.41, 5.74) is 1.78. The first-order chi connectivity index (χ1) is 14.4. The Kier molecular flexibility index (Phi) is 6.61. The highest BCUT2D eigenvalue weighted by molar-refractivity contribution is 7.99. The van der Waals surface area contributed by atoms with Gasteiger partial charge in [0.1, 0.15) is 4.83 Å². The Morgan fingerprint density at radius 3 is 2.58 bits per heavy atom. The zero-order valence-electron chi connectivity index (χ0n) is 18.1. The van der Waals surface area contributed by atoms with Crippen LogP contribution in [0.1, 0.15) is 16.0 Å². The number of benzene rings is 1. The Hall–Kier alpha value is -2.21. The number of aryl methyl sites for hydroxylation is 3. The predicted octanol–water partition coefficient (Wildman–Crippen LogP) is 2.90. The van der Waals surface area contributed by atoms with Gasteiger partial charge in [0.2, 0.25) is 15.9 Å². The first kappa shape index (κ1) is 23.5. The fourth-order valence-corrected chi connectivity index (χ4v) is 5.95. The molecule has 0 fully saturated rings. The number of fused-ring (bicyclic) bond motifs is 1. The van der Waals surface area contributed by atoms with E-state index >= 15 is 0 Å². The van der Waals surface area contributed by atoms with Gasteiger partial charge in [0.25, 0.3) is 5.56 Å². The number of nitrogens with zero attached hydrogens (tertiary/aromatic N) is 3. The van der Waals surface area contributed by atoms with Gasteiger partial charge in [-0.15, -0.1) is 11.3 Å². The van der Waals surface area contributed by atoms with E-state index in [9.17, 15) is 18.0 Å². The highest BCUT2D eigenvalue weighted by Gasteiger charge is 2.21. The third-order valence-electron chi connectivity index (χ3n) is 4.93. The Bertz CT molecular complexity index is 1340. The number of hydrogen-bond acceptors (Lipinski definition) is 7. The number of thiophene rings is 1. The van der Waals surface area contributed by atoms with E-state index in [1.807, 2.05) is 13.8 Å². The molecule has 1 amide bonds. The molecule has 0 unspecified atom stereocenters. The average molecular weight is 481 g/mol. The lowest BCUT2D eigenvalue weighted by Gasteiger charge is -2.15. The van der Waals surface area contributed by atoms with Crippen molar-refractivity contribution in [3.8, 4) is 0 Å². The molecule has 0 aliphatic carbocycles. The van der Waals surface area contributed by atoms with Crippen molar-refractivity contribution in [3.05, 3.63) is 44.6 Å². The van der Waals surface area contributed by atoms with Crippen LogP contribution in [0, 0.1) is 20.8 Å². The topological polar surface area (TPSA) is 101 Å². The van der Waals surface area contributed by atoms with Crippen LogP contribution in [0.15, 0.2) is 33.0 Å². The molecule has 31 heavy (non-hydrogen) atoms. The van der Waals surface area contributed by atoms with Crippen LogP contribution in [-0.4, -0.2) is 48.0 Å². The van der Waals surface area contributed by atoms with E-state index in [-0.39, 0.29) is 22.1 Å².